The summed E-state index contributed by atoms with van der Waals surface area (Å²) in [4.78, 5) is 17.2. The monoisotopic (exact) mass is 186 g/mol. The second kappa shape index (κ2) is 3.87. The molecule has 3 nitrogen and oxygen atoms in total. The Bertz CT molecular complexity index is 462. The molecule has 14 heavy (non-hydrogen) atoms. The van der Waals surface area contributed by atoms with Gasteiger partial charge in [-0.05, 0) is 11.6 Å². The summed E-state index contributed by atoms with van der Waals surface area (Å²) >= 11 is 0. The molecule has 0 bridgehead atoms. The minimum absolute atomic E-state index is 0.293. The molecule has 0 saturated carbocycles. The predicted molar refractivity (Wildman–Crippen MR) is 54.1 cm³/mol. The summed E-state index contributed by atoms with van der Waals surface area (Å²) < 4.78 is 0. The van der Waals surface area contributed by atoms with E-state index in [0.717, 1.165) is 12.1 Å². The van der Waals surface area contributed by atoms with E-state index in [9.17, 15) is 4.79 Å². The van der Waals surface area contributed by atoms with Gasteiger partial charge in [0.05, 0.1) is 0 Å². The van der Waals surface area contributed by atoms with Crippen LogP contribution in [0.25, 0.3) is 0 Å². The zero-order chi connectivity index (χ0) is 9.80. The molecule has 1 heterocycles. The van der Waals surface area contributed by atoms with Gasteiger partial charge >= 0.3 is 5.69 Å². The van der Waals surface area contributed by atoms with Gasteiger partial charge in [-0.1, -0.05) is 30.3 Å². The number of H-pyrrole nitrogens is 1. The van der Waals surface area contributed by atoms with E-state index in [2.05, 4.69) is 9.97 Å². The molecule has 0 radical (unpaired) electrons. The summed E-state index contributed by atoms with van der Waals surface area (Å²) in [6, 6.07) is 11.8. The van der Waals surface area contributed by atoms with Gasteiger partial charge in [0, 0.05) is 18.3 Å². The molecule has 0 atom stereocenters. The fourth-order valence-electron chi connectivity index (χ4n) is 1.33. The van der Waals surface area contributed by atoms with Gasteiger partial charge in [0.2, 0.25) is 0 Å². The normalized spacial score (nSPS) is 10.0. The van der Waals surface area contributed by atoms with Gasteiger partial charge in [0.1, 0.15) is 0 Å². The van der Waals surface area contributed by atoms with Gasteiger partial charge in [-0.2, -0.15) is 0 Å². The largest absolute Gasteiger partial charge is 0.345 e. The van der Waals surface area contributed by atoms with E-state index in [1.807, 2.05) is 36.4 Å². The van der Waals surface area contributed by atoms with Crippen LogP contribution >= 0.6 is 0 Å². The molecule has 0 fully saturated rings. The summed E-state index contributed by atoms with van der Waals surface area (Å²) in [7, 11) is 0. The van der Waals surface area contributed by atoms with Crippen molar-refractivity contribution in [2.45, 2.75) is 6.42 Å². The molecule has 0 aliphatic heterocycles. The molecular formula is C11H10N2O. The fraction of sp³-hybridized carbons (Fsp3) is 0.0909. The number of hydrogen-bond acceptors (Lipinski definition) is 2. The summed E-state index contributed by atoms with van der Waals surface area (Å²) in [6.45, 7) is 0. The Labute approximate surface area is 81.5 Å². The van der Waals surface area contributed by atoms with E-state index in [1.165, 1.54) is 11.8 Å². The van der Waals surface area contributed by atoms with Crippen LogP contribution in [-0.4, -0.2) is 9.97 Å². The SMILES string of the molecule is O=c1nccc(Cc2ccccc2)[nH]1. The molecule has 70 valence electrons. The molecule has 0 saturated heterocycles. The number of nitrogens with zero attached hydrogens (tertiary/aromatic N) is 1. The van der Waals surface area contributed by atoms with Crippen molar-refractivity contribution in [1.82, 2.24) is 9.97 Å². The number of hydrogen-bond donors (Lipinski definition) is 1. The third kappa shape index (κ3) is 2.07. The summed E-state index contributed by atoms with van der Waals surface area (Å²) in [5.74, 6) is 0. The Kier molecular flexibility index (Phi) is 2.40. The zero-order valence-electron chi connectivity index (χ0n) is 7.60. The van der Waals surface area contributed by atoms with Gasteiger partial charge in [0.15, 0.2) is 0 Å². The second-order valence-corrected chi connectivity index (χ2v) is 3.06. The van der Waals surface area contributed by atoms with Crippen LogP contribution < -0.4 is 5.69 Å². The van der Waals surface area contributed by atoms with Crippen molar-refractivity contribution in [2.75, 3.05) is 0 Å². The lowest BCUT2D eigenvalue weighted by Crippen LogP contribution is -2.11. The summed E-state index contributed by atoms with van der Waals surface area (Å²) in [5, 5.41) is 0. The average Bonchev–Trinajstić information content (AvgIpc) is 2.19. The highest BCUT2D eigenvalue weighted by Gasteiger charge is 1.95. The minimum Gasteiger partial charge on any atom is -0.309 e. The van der Waals surface area contributed by atoms with Crippen molar-refractivity contribution in [3.05, 3.63) is 64.3 Å². The number of nitrogens with one attached hydrogen (secondary N) is 1. The van der Waals surface area contributed by atoms with Gasteiger partial charge < -0.3 is 4.98 Å². The molecule has 0 spiro atoms. The van der Waals surface area contributed by atoms with Crippen molar-refractivity contribution in [1.29, 1.82) is 0 Å². The third-order valence-corrected chi connectivity index (χ3v) is 1.97. The van der Waals surface area contributed by atoms with Crippen LogP contribution in [0.3, 0.4) is 0 Å². The maximum absolute atomic E-state index is 10.9. The lowest BCUT2D eigenvalue weighted by atomic mass is 10.1. The second-order valence-electron chi connectivity index (χ2n) is 3.06. The first kappa shape index (κ1) is 8.69. The minimum atomic E-state index is -0.293. The van der Waals surface area contributed by atoms with Crippen LogP contribution in [-0.2, 0) is 6.42 Å². The highest BCUT2D eigenvalue weighted by Crippen LogP contribution is 2.04. The summed E-state index contributed by atoms with van der Waals surface area (Å²) in [6.07, 6.45) is 2.26. The maximum atomic E-state index is 10.9. The first-order chi connectivity index (χ1) is 6.84. The topological polar surface area (TPSA) is 45.8 Å². The Hall–Kier alpha value is -1.90. The first-order valence-corrected chi connectivity index (χ1v) is 4.43. The summed E-state index contributed by atoms with van der Waals surface area (Å²) in [5.41, 5.74) is 1.77. The third-order valence-electron chi connectivity index (χ3n) is 1.97. The number of aromatic amines is 1. The molecule has 0 aliphatic carbocycles. The smallest absolute Gasteiger partial charge is 0.309 e. The maximum Gasteiger partial charge on any atom is 0.345 e. The molecule has 0 unspecified atom stereocenters. The Morgan fingerprint density at radius 2 is 1.93 bits per heavy atom. The van der Waals surface area contributed by atoms with E-state index < -0.39 is 0 Å². The number of aromatic nitrogens is 2. The molecule has 1 aromatic carbocycles. The van der Waals surface area contributed by atoms with E-state index >= 15 is 0 Å². The van der Waals surface area contributed by atoms with Crippen LogP contribution in [0.4, 0.5) is 0 Å². The fourth-order valence-corrected chi connectivity index (χ4v) is 1.33. The lowest BCUT2D eigenvalue weighted by Gasteiger charge is -1.99. The lowest BCUT2D eigenvalue weighted by molar-refractivity contribution is 0.977. The van der Waals surface area contributed by atoms with Crippen LogP contribution in [0, 0.1) is 0 Å². The van der Waals surface area contributed by atoms with E-state index in [4.69, 9.17) is 0 Å². The Morgan fingerprint density at radius 3 is 2.64 bits per heavy atom. The van der Waals surface area contributed by atoms with E-state index in [1.54, 1.807) is 0 Å². The molecular weight excluding hydrogens is 176 g/mol. The van der Waals surface area contributed by atoms with Crippen molar-refractivity contribution in [3.63, 3.8) is 0 Å². The van der Waals surface area contributed by atoms with Crippen molar-refractivity contribution < 1.29 is 0 Å². The predicted octanol–water partition coefficient (Wildman–Crippen LogP) is 1.36. The average molecular weight is 186 g/mol. The molecule has 2 rings (SSSR count). The van der Waals surface area contributed by atoms with Gasteiger partial charge in [-0.15, -0.1) is 0 Å². The molecule has 0 amide bonds. The molecule has 1 aromatic heterocycles. The van der Waals surface area contributed by atoms with E-state index in [0.29, 0.717) is 0 Å². The highest BCUT2D eigenvalue weighted by molar-refractivity contribution is 5.20. The molecule has 0 aliphatic rings. The number of benzene rings is 1. The highest BCUT2D eigenvalue weighted by atomic mass is 16.1. The standard InChI is InChI=1S/C11H10N2O/c14-11-12-7-6-10(13-11)8-9-4-2-1-3-5-9/h1-7H,8H2,(H,12,13,14). The van der Waals surface area contributed by atoms with Crippen LogP contribution in [0.2, 0.25) is 0 Å². The number of rotatable bonds is 2. The van der Waals surface area contributed by atoms with Gasteiger partial charge in [0.25, 0.3) is 0 Å². The van der Waals surface area contributed by atoms with Gasteiger partial charge in [-0.3, -0.25) is 0 Å². The van der Waals surface area contributed by atoms with Crippen molar-refractivity contribution >= 4 is 0 Å². The Balaban J connectivity index is 2.24. The van der Waals surface area contributed by atoms with Crippen LogP contribution in [0.5, 0.6) is 0 Å². The molecule has 2 aromatic rings. The van der Waals surface area contributed by atoms with Crippen molar-refractivity contribution in [2.24, 2.45) is 0 Å². The van der Waals surface area contributed by atoms with Crippen LogP contribution in [0.15, 0.2) is 47.4 Å². The van der Waals surface area contributed by atoms with E-state index in [-0.39, 0.29) is 5.69 Å². The van der Waals surface area contributed by atoms with Crippen LogP contribution in [0.1, 0.15) is 11.3 Å². The molecule has 3 heteroatoms. The molecule has 1 N–H and O–H groups in total. The zero-order valence-corrected chi connectivity index (χ0v) is 7.60. The quantitative estimate of drug-likeness (QED) is 0.769. The first-order valence-electron chi connectivity index (χ1n) is 4.43. The van der Waals surface area contributed by atoms with Crippen molar-refractivity contribution in [3.8, 4) is 0 Å². The Morgan fingerprint density at radius 1 is 1.14 bits per heavy atom. The van der Waals surface area contributed by atoms with Gasteiger partial charge in [-0.25, -0.2) is 9.78 Å².